The zero-order chi connectivity index (χ0) is 24.5. The maximum absolute atomic E-state index is 13.1. The second kappa shape index (κ2) is 9.56. The Morgan fingerprint density at radius 2 is 1.73 bits per heavy atom. The van der Waals surface area contributed by atoms with Crippen LogP contribution in [-0.4, -0.2) is 38.0 Å². The quantitative estimate of drug-likeness (QED) is 0.441. The summed E-state index contributed by atoms with van der Waals surface area (Å²) in [5.74, 6) is -2.05. The summed E-state index contributed by atoms with van der Waals surface area (Å²) in [6.07, 6.45) is 1.47. The number of primary amides is 1. The van der Waals surface area contributed by atoms with Gasteiger partial charge in [0.25, 0.3) is 11.8 Å². The van der Waals surface area contributed by atoms with E-state index in [4.69, 9.17) is 52.1 Å². The molecule has 2 aromatic heterocycles. The molecule has 9 nitrogen and oxygen atoms in total. The largest absolute Gasteiger partial charge is 0.368 e. The van der Waals surface area contributed by atoms with Crippen LogP contribution in [0.5, 0.6) is 0 Å². The second-order valence-electron chi connectivity index (χ2n) is 7.28. The van der Waals surface area contributed by atoms with Gasteiger partial charge >= 0.3 is 0 Å². The number of halogens is 4. The van der Waals surface area contributed by atoms with Gasteiger partial charge in [-0.15, -0.1) is 0 Å². The molecule has 0 atom stereocenters. The fourth-order valence-corrected chi connectivity index (χ4v) is 3.60. The second-order valence-corrected chi connectivity index (χ2v) is 8.92. The van der Waals surface area contributed by atoms with Gasteiger partial charge in [-0.25, -0.2) is 9.67 Å². The number of carbonyl (C=O) groups excluding carboxylic acids is 3. The van der Waals surface area contributed by atoms with Crippen molar-refractivity contribution in [3.05, 3.63) is 68.0 Å². The normalized spacial score (nSPS) is 11.2. The van der Waals surface area contributed by atoms with E-state index in [9.17, 15) is 14.4 Å². The first kappa shape index (κ1) is 24.8. The Balaban J connectivity index is 2.02. The molecular formula is C20H16Cl4N6O3. The average Bonchev–Trinajstić information content (AvgIpc) is 3.11. The number of anilines is 1. The first-order valence-corrected chi connectivity index (χ1v) is 10.7. The van der Waals surface area contributed by atoms with E-state index in [2.05, 4.69) is 20.7 Å². The van der Waals surface area contributed by atoms with Gasteiger partial charge in [0.05, 0.1) is 21.3 Å². The molecule has 0 aliphatic rings. The molecule has 0 saturated heterocycles. The summed E-state index contributed by atoms with van der Waals surface area (Å²) in [6, 6.07) is 7.11. The third kappa shape index (κ3) is 5.39. The number of pyridine rings is 1. The van der Waals surface area contributed by atoms with Crippen LogP contribution >= 0.6 is 46.4 Å². The number of carbonyl (C=O) groups is 3. The highest BCUT2D eigenvalue weighted by Crippen LogP contribution is 2.31. The molecule has 0 fully saturated rings. The van der Waals surface area contributed by atoms with Crippen molar-refractivity contribution in [2.24, 2.45) is 5.73 Å². The number of amides is 3. The third-order valence-corrected chi connectivity index (χ3v) is 5.43. The highest BCUT2D eigenvalue weighted by atomic mass is 35.5. The van der Waals surface area contributed by atoms with Crippen molar-refractivity contribution in [1.29, 1.82) is 0 Å². The van der Waals surface area contributed by atoms with E-state index >= 15 is 0 Å². The summed E-state index contributed by atoms with van der Waals surface area (Å²) in [7, 11) is 0. The molecule has 13 heteroatoms. The molecule has 33 heavy (non-hydrogen) atoms. The number of nitrogens with zero attached hydrogens (tertiary/aromatic N) is 3. The van der Waals surface area contributed by atoms with Crippen molar-refractivity contribution < 1.29 is 14.4 Å². The van der Waals surface area contributed by atoms with Gasteiger partial charge in [-0.05, 0) is 38.1 Å². The SMILES string of the molecule is CC(C)(NC(=O)c1cc(Cl)cc(Cl)c1NC(=O)c1cc(Cl)nn1-c1ncccc1Cl)C(N)=O. The summed E-state index contributed by atoms with van der Waals surface area (Å²) in [6.45, 7) is 2.85. The van der Waals surface area contributed by atoms with E-state index in [1.807, 2.05) is 0 Å². The fourth-order valence-electron chi connectivity index (χ4n) is 2.68. The zero-order valence-corrected chi connectivity index (χ0v) is 20.1. The van der Waals surface area contributed by atoms with Crippen molar-refractivity contribution in [2.45, 2.75) is 19.4 Å². The minimum Gasteiger partial charge on any atom is -0.368 e. The van der Waals surface area contributed by atoms with Crippen molar-refractivity contribution in [1.82, 2.24) is 20.1 Å². The lowest BCUT2D eigenvalue weighted by Gasteiger charge is -2.23. The van der Waals surface area contributed by atoms with Crippen molar-refractivity contribution in [3.63, 3.8) is 0 Å². The standard InChI is InChI=1S/C20H16Cl4N6O3/c1-20(2,19(25)33)28-17(31)10-6-9(21)7-12(23)15(10)27-18(32)13-8-14(24)29-30(13)16-11(22)4-3-5-26-16/h3-8H,1-2H3,(H2,25,33)(H,27,32)(H,28,31). The first-order chi connectivity index (χ1) is 15.4. The van der Waals surface area contributed by atoms with E-state index in [-0.39, 0.29) is 43.0 Å². The minimum absolute atomic E-state index is 0.00486. The number of rotatable bonds is 6. The van der Waals surface area contributed by atoms with Crippen LogP contribution in [0.1, 0.15) is 34.7 Å². The highest BCUT2D eigenvalue weighted by Gasteiger charge is 2.30. The van der Waals surface area contributed by atoms with Gasteiger partial charge in [0.2, 0.25) is 5.91 Å². The van der Waals surface area contributed by atoms with E-state index in [0.717, 1.165) is 4.68 Å². The topological polar surface area (TPSA) is 132 Å². The molecule has 0 aliphatic heterocycles. The van der Waals surface area contributed by atoms with Gasteiger partial charge in [-0.2, -0.15) is 5.10 Å². The van der Waals surface area contributed by atoms with E-state index in [1.54, 1.807) is 12.1 Å². The van der Waals surface area contributed by atoms with Crippen LogP contribution in [0.3, 0.4) is 0 Å². The lowest BCUT2D eigenvalue weighted by Crippen LogP contribution is -2.53. The Kier molecular flexibility index (Phi) is 7.18. The van der Waals surface area contributed by atoms with Gasteiger partial charge in [0.15, 0.2) is 11.0 Å². The lowest BCUT2D eigenvalue weighted by molar-refractivity contribution is -0.122. The number of hydrogen-bond acceptors (Lipinski definition) is 5. The summed E-state index contributed by atoms with van der Waals surface area (Å²) in [5, 5.41) is 9.44. The Morgan fingerprint density at radius 3 is 2.36 bits per heavy atom. The fraction of sp³-hybridized carbons (Fsp3) is 0.150. The smallest absolute Gasteiger partial charge is 0.274 e. The number of aromatic nitrogens is 3. The molecule has 4 N–H and O–H groups in total. The van der Waals surface area contributed by atoms with Crippen molar-refractivity contribution >= 4 is 69.8 Å². The molecule has 172 valence electrons. The molecule has 0 bridgehead atoms. The van der Waals surface area contributed by atoms with Gasteiger partial charge in [-0.3, -0.25) is 14.4 Å². The first-order valence-electron chi connectivity index (χ1n) is 9.20. The van der Waals surface area contributed by atoms with Crippen LogP contribution in [0.2, 0.25) is 20.2 Å². The predicted octanol–water partition coefficient (Wildman–Crippen LogP) is 4.13. The Hall–Kier alpha value is -2.85. The molecule has 0 unspecified atom stereocenters. The zero-order valence-electron chi connectivity index (χ0n) is 17.1. The number of hydrogen-bond donors (Lipinski definition) is 3. The van der Waals surface area contributed by atoms with Crippen LogP contribution in [0.15, 0.2) is 36.5 Å². The van der Waals surface area contributed by atoms with E-state index < -0.39 is 23.3 Å². The maximum atomic E-state index is 13.1. The van der Waals surface area contributed by atoms with E-state index in [0.29, 0.717) is 0 Å². The minimum atomic E-state index is -1.38. The molecular weight excluding hydrogens is 514 g/mol. The predicted molar refractivity (Wildman–Crippen MR) is 127 cm³/mol. The molecule has 0 spiro atoms. The van der Waals surface area contributed by atoms with E-state index in [1.165, 1.54) is 38.2 Å². The van der Waals surface area contributed by atoms with Crippen LogP contribution in [0.4, 0.5) is 5.69 Å². The van der Waals surface area contributed by atoms with Gasteiger partial charge in [0, 0.05) is 17.3 Å². The van der Waals surface area contributed by atoms with Crippen LogP contribution in [-0.2, 0) is 4.79 Å². The molecule has 0 radical (unpaired) electrons. The molecule has 2 heterocycles. The highest BCUT2D eigenvalue weighted by molar-refractivity contribution is 6.38. The molecule has 3 amide bonds. The molecule has 3 rings (SSSR count). The van der Waals surface area contributed by atoms with Crippen molar-refractivity contribution in [3.8, 4) is 5.82 Å². The summed E-state index contributed by atoms with van der Waals surface area (Å²) in [5.41, 5.74) is 3.76. The molecule has 3 aromatic rings. The van der Waals surface area contributed by atoms with Gasteiger partial charge in [-0.1, -0.05) is 46.4 Å². The van der Waals surface area contributed by atoms with Gasteiger partial charge < -0.3 is 16.4 Å². The number of nitrogens with one attached hydrogen (secondary N) is 2. The molecule has 1 aromatic carbocycles. The van der Waals surface area contributed by atoms with Crippen LogP contribution < -0.4 is 16.4 Å². The maximum Gasteiger partial charge on any atom is 0.274 e. The number of nitrogens with two attached hydrogens (primary N) is 1. The van der Waals surface area contributed by atoms with Crippen molar-refractivity contribution in [2.75, 3.05) is 5.32 Å². The molecule has 0 saturated carbocycles. The Bertz CT molecular complexity index is 1270. The third-order valence-electron chi connectivity index (χ3n) is 4.43. The Morgan fingerprint density at radius 1 is 1.03 bits per heavy atom. The number of benzene rings is 1. The summed E-state index contributed by atoms with van der Waals surface area (Å²) in [4.78, 5) is 41.8. The van der Waals surface area contributed by atoms with Crippen LogP contribution in [0, 0.1) is 0 Å². The monoisotopic (exact) mass is 528 g/mol. The van der Waals surface area contributed by atoms with Gasteiger partial charge in [0.1, 0.15) is 11.2 Å². The summed E-state index contributed by atoms with van der Waals surface area (Å²) >= 11 is 24.5. The average molecular weight is 530 g/mol. The molecule has 0 aliphatic carbocycles. The lowest BCUT2D eigenvalue weighted by atomic mass is 10.0. The summed E-state index contributed by atoms with van der Waals surface area (Å²) < 4.78 is 1.15. The Labute approximate surface area is 208 Å². The van der Waals surface area contributed by atoms with Crippen LogP contribution in [0.25, 0.3) is 5.82 Å².